The zero-order valence-corrected chi connectivity index (χ0v) is 14.6. The Labute approximate surface area is 149 Å². The molecule has 0 saturated heterocycles. The smallest absolute Gasteiger partial charge is 0.160 e. The van der Waals surface area contributed by atoms with Crippen molar-refractivity contribution in [2.24, 2.45) is 0 Å². The molecule has 0 saturated carbocycles. The fraction of sp³-hybridized carbons (Fsp3) is 0.222. The van der Waals surface area contributed by atoms with Crippen molar-refractivity contribution in [2.75, 3.05) is 6.54 Å². The molecule has 0 unspecified atom stereocenters. The lowest BCUT2D eigenvalue weighted by atomic mass is 10.1. The van der Waals surface area contributed by atoms with E-state index in [0.717, 1.165) is 53.3 Å². The molecule has 1 aliphatic rings. The normalized spacial score (nSPS) is 14.4. The molecule has 0 bridgehead atoms. The lowest BCUT2D eigenvalue weighted by molar-refractivity contribution is 0.240. The predicted octanol–water partition coefficient (Wildman–Crippen LogP) is 3.25. The van der Waals surface area contributed by atoms with Gasteiger partial charge in [-0.05, 0) is 40.2 Å². The van der Waals surface area contributed by atoms with Crippen LogP contribution < -0.4 is 0 Å². The second-order valence-corrected chi connectivity index (χ2v) is 6.75. The van der Waals surface area contributed by atoms with Crippen molar-refractivity contribution in [2.45, 2.75) is 19.5 Å². The molecule has 0 aromatic carbocycles. The fourth-order valence-corrected chi connectivity index (χ4v) is 3.11. The summed E-state index contributed by atoms with van der Waals surface area (Å²) in [6, 6.07) is 7.99. The molecule has 0 N–H and O–H groups in total. The summed E-state index contributed by atoms with van der Waals surface area (Å²) in [6.07, 6.45) is 8.29. The van der Waals surface area contributed by atoms with Crippen LogP contribution in [-0.2, 0) is 19.5 Å². The molecule has 24 heavy (non-hydrogen) atoms. The van der Waals surface area contributed by atoms with Crippen molar-refractivity contribution in [1.29, 1.82) is 0 Å². The van der Waals surface area contributed by atoms with Crippen LogP contribution >= 0.6 is 15.9 Å². The van der Waals surface area contributed by atoms with Crippen LogP contribution in [0.2, 0.25) is 0 Å². The van der Waals surface area contributed by atoms with Gasteiger partial charge in [0.2, 0.25) is 0 Å². The van der Waals surface area contributed by atoms with Crippen molar-refractivity contribution in [1.82, 2.24) is 24.8 Å². The summed E-state index contributed by atoms with van der Waals surface area (Å²) in [5, 5.41) is 0. The molecular weight excluding hydrogens is 366 g/mol. The predicted molar refractivity (Wildman–Crippen MR) is 95.0 cm³/mol. The maximum absolute atomic E-state index is 4.74. The van der Waals surface area contributed by atoms with Crippen LogP contribution in [0.25, 0.3) is 11.4 Å². The standard InChI is InChI=1S/C18H16BrN5/c19-15-3-4-16(21-10-15)12-24-7-5-17-14(11-24)9-22-18(23-17)13-2-1-6-20-8-13/h1-4,6,8-10H,5,7,11-12H2. The van der Waals surface area contributed by atoms with Crippen LogP contribution in [0.4, 0.5) is 0 Å². The maximum atomic E-state index is 4.74. The summed E-state index contributed by atoms with van der Waals surface area (Å²) in [7, 11) is 0. The van der Waals surface area contributed by atoms with E-state index in [1.54, 1.807) is 12.4 Å². The zero-order valence-electron chi connectivity index (χ0n) is 13.1. The highest BCUT2D eigenvalue weighted by molar-refractivity contribution is 9.10. The molecule has 0 spiro atoms. The lowest BCUT2D eigenvalue weighted by Gasteiger charge is -2.27. The molecule has 0 radical (unpaired) electrons. The Hall–Kier alpha value is -2.18. The SMILES string of the molecule is Brc1ccc(CN2CCc3nc(-c4cccnc4)ncc3C2)nc1. The summed E-state index contributed by atoms with van der Waals surface area (Å²) >= 11 is 3.42. The van der Waals surface area contributed by atoms with Gasteiger partial charge in [0.25, 0.3) is 0 Å². The van der Waals surface area contributed by atoms with Gasteiger partial charge in [0.1, 0.15) is 0 Å². The number of hydrogen-bond acceptors (Lipinski definition) is 5. The van der Waals surface area contributed by atoms with Crippen LogP contribution in [0, 0.1) is 0 Å². The Morgan fingerprint density at radius 1 is 1.08 bits per heavy atom. The van der Waals surface area contributed by atoms with Gasteiger partial charge in [0, 0.05) is 66.4 Å². The number of rotatable bonds is 3. The quantitative estimate of drug-likeness (QED) is 0.696. The largest absolute Gasteiger partial charge is 0.293 e. The van der Waals surface area contributed by atoms with Gasteiger partial charge < -0.3 is 0 Å². The minimum atomic E-state index is 0.755. The maximum Gasteiger partial charge on any atom is 0.160 e. The van der Waals surface area contributed by atoms with E-state index in [0.29, 0.717) is 0 Å². The second-order valence-electron chi connectivity index (χ2n) is 5.84. The van der Waals surface area contributed by atoms with Crippen LogP contribution in [-0.4, -0.2) is 31.4 Å². The number of halogens is 1. The molecule has 6 heteroatoms. The van der Waals surface area contributed by atoms with Gasteiger partial charge in [0.05, 0.1) is 11.4 Å². The van der Waals surface area contributed by atoms with Crippen molar-refractivity contribution >= 4 is 15.9 Å². The average Bonchev–Trinajstić information content (AvgIpc) is 2.64. The summed E-state index contributed by atoms with van der Waals surface area (Å²) in [4.78, 5) is 20.2. The molecule has 4 heterocycles. The Morgan fingerprint density at radius 2 is 2.04 bits per heavy atom. The lowest BCUT2D eigenvalue weighted by Crippen LogP contribution is -2.31. The van der Waals surface area contributed by atoms with E-state index in [9.17, 15) is 0 Å². The van der Waals surface area contributed by atoms with Crippen LogP contribution in [0.1, 0.15) is 17.0 Å². The number of pyridine rings is 2. The van der Waals surface area contributed by atoms with Crippen molar-refractivity contribution in [3.63, 3.8) is 0 Å². The van der Waals surface area contributed by atoms with Gasteiger partial charge in [-0.15, -0.1) is 0 Å². The molecule has 5 nitrogen and oxygen atoms in total. The molecule has 3 aromatic rings. The average molecular weight is 382 g/mol. The van der Waals surface area contributed by atoms with Gasteiger partial charge >= 0.3 is 0 Å². The van der Waals surface area contributed by atoms with Gasteiger partial charge in [-0.3, -0.25) is 14.9 Å². The van der Waals surface area contributed by atoms with Crippen molar-refractivity contribution in [3.05, 3.63) is 70.5 Å². The minimum Gasteiger partial charge on any atom is -0.293 e. The van der Waals surface area contributed by atoms with Gasteiger partial charge in [-0.1, -0.05) is 0 Å². The minimum absolute atomic E-state index is 0.755. The third kappa shape index (κ3) is 3.34. The van der Waals surface area contributed by atoms with E-state index in [1.807, 2.05) is 30.6 Å². The Morgan fingerprint density at radius 3 is 2.83 bits per heavy atom. The summed E-state index contributed by atoms with van der Waals surface area (Å²) in [5.41, 5.74) is 4.38. The van der Waals surface area contributed by atoms with Gasteiger partial charge in [-0.25, -0.2) is 9.97 Å². The van der Waals surface area contributed by atoms with E-state index in [4.69, 9.17) is 4.98 Å². The van der Waals surface area contributed by atoms with E-state index < -0.39 is 0 Å². The number of aromatic nitrogens is 4. The van der Waals surface area contributed by atoms with Crippen LogP contribution in [0.15, 0.2) is 53.5 Å². The first-order valence-electron chi connectivity index (χ1n) is 7.86. The zero-order chi connectivity index (χ0) is 16.4. The first kappa shape index (κ1) is 15.4. The number of nitrogens with zero attached hydrogens (tertiary/aromatic N) is 5. The molecule has 1 aliphatic heterocycles. The Balaban J connectivity index is 1.50. The molecule has 3 aromatic heterocycles. The number of fused-ring (bicyclic) bond motifs is 1. The van der Waals surface area contributed by atoms with E-state index in [-0.39, 0.29) is 0 Å². The first-order chi connectivity index (χ1) is 11.8. The Bertz CT molecular complexity index is 836. The summed E-state index contributed by atoms with van der Waals surface area (Å²) in [5.74, 6) is 0.755. The highest BCUT2D eigenvalue weighted by atomic mass is 79.9. The molecule has 4 rings (SSSR count). The number of hydrogen-bond donors (Lipinski definition) is 0. The van der Waals surface area contributed by atoms with Gasteiger partial charge in [0.15, 0.2) is 5.82 Å². The van der Waals surface area contributed by atoms with Gasteiger partial charge in [-0.2, -0.15) is 0 Å². The van der Waals surface area contributed by atoms with Crippen LogP contribution in [0.5, 0.6) is 0 Å². The first-order valence-corrected chi connectivity index (χ1v) is 8.65. The van der Waals surface area contributed by atoms with Crippen molar-refractivity contribution in [3.8, 4) is 11.4 Å². The summed E-state index contributed by atoms with van der Waals surface area (Å²) < 4.78 is 1.01. The highest BCUT2D eigenvalue weighted by Gasteiger charge is 2.19. The van der Waals surface area contributed by atoms with E-state index >= 15 is 0 Å². The summed E-state index contributed by atoms with van der Waals surface area (Å²) in [6.45, 7) is 2.69. The van der Waals surface area contributed by atoms with Crippen LogP contribution in [0.3, 0.4) is 0 Å². The van der Waals surface area contributed by atoms with E-state index in [2.05, 4.69) is 41.8 Å². The molecule has 120 valence electrons. The molecule has 0 fully saturated rings. The third-order valence-electron chi connectivity index (χ3n) is 4.11. The molecule has 0 amide bonds. The molecular formula is C18H16BrN5. The fourth-order valence-electron chi connectivity index (χ4n) is 2.87. The Kier molecular flexibility index (Phi) is 4.32. The molecule has 0 atom stereocenters. The topological polar surface area (TPSA) is 54.8 Å². The third-order valence-corrected chi connectivity index (χ3v) is 4.58. The second kappa shape index (κ2) is 6.75. The molecule has 0 aliphatic carbocycles. The van der Waals surface area contributed by atoms with E-state index in [1.165, 1.54) is 5.56 Å². The monoisotopic (exact) mass is 381 g/mol. The highest BCUT2D eigenvalue weighted by Crippen LogP contribution is 2.21. The van der Waals surface area contributed by atoms with Crippen molar-refractivity contribution < 1.29 is 0 Å².